The Morgan fingerprint density at radius 2 is 2.05 bits per heavy atom. The van der Waals surface area contributed by atoms with Crippen LogP contribution in [-0.4, -0.2) is 44.5 Å². The molecule has 1 heterocycles. The molecule has 1 saturated heterocycles. The average Bonchev–Trinajstić information content (AvgIpc) is 2.46. The van der Waals surface area contributed by atoms with Crippen molar-refractivity contribution in [2.24, 2.45) is 5.84 Å². The fourth-order valence-electron chi connectivity index (χ4n) is 1.97. The first-order chi connectivity index (χ1) is 9.52. The summed E-state index contributed by atoms with van der Waals surface area (Å²) in [7, 11) is -0.914. The van der Waals surface area contributed by atoms with Crippen molar-refractivity contribution in [3.8, 4) is 0 Å². The molecule has 1 aliphatic rings. The molecule has 1 aromatic rings. The number of rotatable bonds is 3. The van der Waals surface area contributed by atoms with Crippen LogP contribution in [0, 0.1) is 10.1 Å². The van der Waals surface area contributed by atoms with Gasteiger partial charge in [0.05, 0.1) is 4.92 Å². The van der Waals surface area contributed by atoms with Gasteiger partial charge in [-0.3, -0.25) is 25.0 Å². The molecule has 8 nitrogen and oxygen atoms in total. The van der Waals surface area contributed by atoms with E-state index in [1.54, 1.807) is 0 Å². The summed E-state index contributed by atoms with van der Waals surface area (Å²) in [6, 6.07) is 4.02. The highest BCUT2D eigenvalue weighted by atomic mass is 32.2. The number of nitrogens with one attached hydrogen (secondary N) is 1. The number of carbonyl (C=O) groups is 1. The van der Waals surface area contributed by atoms with Gasteiger partial charge in [-0.25, -0.2) is 0 Å². The molecule has 9 heteroatoms. The standard InChI is InChI=1S/C11H14N4O4S/c12-13-8-1-2-10(15(17)18)9(7-8)11(16)14-3-5-20(19)6-4-14/h1-2,7,13H,3-6,12H2. The second-order valence-electron chi connectivity index (χ2n) is 4.27. The van der Waals surface area contributed by atoms with Crippen LogP contribution < -0.4 is 11.3 Å². The van der Waals surface area contributed by atoms with E-state index < -0.39 is 21.6 Å². The van der Waals surface area contributed by atoms with Crippen LogP contribution in [0.3, 0.4) is 0 Å². The summed E-state index contributed by atoms with van der Waals surface area (Å²) in [6.07, 6.45) is 0. The minimum Gasteiger partial charge on any atom is -0.337 e. The fourth-order valence-corrected chi connectivity index (χ4v) is 3.02. The van der Waals surface area contributed by atoms with Gasteiger partial charge in [-0.1, -0.05) is 0 Å². The number of carbonyl (C=O) groups excluding carboxylic acids is 1. The molecule has 0 unspecified atom stereocenters. The zero-order valence-corrected chi connectivity index (χ0v) is 11.4. The number of hydrogen-bond acceptors (Lipinski definition) is 6. The SMILES string of the molecule is NNc1ccc([N+](=O)[O-])c(C(=O)N2CCS(=O)CC2)c1. The number of nitrogens with zero attached hydrogens (tertiary/aromatic N) is 2. The zero-order valence-electron chi connectivity index (χ0n) is 10.6. The lowest BCUT2D eigenvalue weighted by Gasteiger charge is -2.26. The van der Waals surface area contributed by atoms with E-state index >= 15 is 0 Å². The summed E-state index contributed by atoms with van der Waals surface area (Å²) in [5, 5.41) is 11.0. The summed E-state index contributed by atoms with van der Waals surface area (Å²) in [6.45, 7) is 0.672. The molecule has 1 amide bonds. The number of anilines is 1. The van der Waals surface area contributed by atoms with Crippen molar-refractivity contribution in [2.75, 3.05) is 30.0 Å². The first kappa shape index (κ1) is 14.4. The second kappa shape index (κ2) is 5.97. The van der Waals surface area contributed by atoms with Crippen LogP contribution in [0.5, 0.6) is 0 Å². The van der Waals surface area contributed by atoms with Crippen molar-refractivity contribution in [3.05, 3.63) is 33.9 Å². The van der Waals surface area contributed by atoms with E-state index in [-0.39, 0.29) is 11.3 Å². The molecular weight excluding hydrogens is 284 g/mol. The van der Waals surface area contributed by atoms with Crippen molar-refractivity contribution in [2.45, 2.75) is 0 Å². The van der Waals surface area contributed by atoms with Crippen molar-refractivity contribution >= 4 is 28.1 Å². The maximum atomic E-state index is 12.4. The van der Waals surface area contributed by atoms with Gasteiger partial charge in [-0.2, -0.15) is 0 Å². The molecule has 20 heavy (non-hydrogen) atoms. The van der Waals surface area contributed by atoms with Crippen molar-refractivity contribution in [3.63, 3.8) is 0 Å². The number of nitrogen functional groups attached to an aromatic ring is 1. The Bertz CT molecular complexity index is 568. The summed E-state index contributed by atoms with van der Waals surface area (Å²) in [4.78, 5) is 24.2. The van der Waals surface area contributed by atoms with Crippen LogP contribution in [0.15, 0.2) is 18.2 Å². The molecule has 3 N–H and O–H groups in total. The predicted octanol–water partition coefficient (Wildman–Crippen LogP) is 0.0849. The average molecular weight is 298 g/mol. The number of nitro groups is 1. The summed E-state index contributed by atoms with van der Waals surface area (Å²) >= 11 is 0. The van der Waals surface area contributed by atoms with Gasteiger partial charge < -0.3 is 10.3 Å². The molecule has 0 aliphatic carbocycles. The molecule has 1 aromatic carbocycles. The lowest BCUT2D eigenvalue weighted by molar-refractivity contribution is -0.385. The Kier molecular flexibility index (Phi) is 4.30. The normalized spacial score (nSPS) is 15.9. The zero-order chi connectivity index (χ0) is 14.7. The second-order valence-corrected chi connectivity index (χ2v) is 5.97. The molecule has 108 valence electrons. The quantitative estimate of drug-likeness (QED) is 0.463. The third kappa shape index (κ3) is 2.94. The number of hydrogen-bond donors (Lipinski definition) is 2. The molecular formula is C11H14N4O4S. The number of amides is 1. The Hall–Kier alpha value is -2.00. The van der Waals surface area contributed by atoms with Gasteiger partial charge >= 0.3 is 0 Å². The van der Waals surface area contributed by atoms with E-state index in [0.717, 1.165) is 0 Å². The van der Waals surface area contributed by atoms with E-state index in [1.807, 2.05) is 0 Å². The van der Waals surface area contributed by atoms with E-state index in [2.05, 4.69) is 5.43 Å². The number of hydrazine groups is 1. The molecule has 0 spiro atoms. The van der Waals surface area contributed by atoms with Crippen LogP contribution in [0.4, 0.5) is 11.4 Å². The number of nitrogens with two attached hydrogens (primary N) is 1. The van der Waals surface area contributed by atoms with Crippen LogP contribution in [0.25, 0.3) is 0 Å². The van der Waals surface area contributed by atoms with Crippen molar-refractivity contribution in [1.29, 1.82) is 0 Å². The third-order valence-electron chi connectivity index (χ3n) is 3.06. The van der Waals surface area contributed by atoms with E-state index in [1.165, 1.54) is 23.1 Å². The van der Waals surface area contributed by atoms with Gasteiger partial charge in [0, 0.05) is 47.1 Å². The van der Waals surface area contributed by atoms with Crippen LogP contribution >= 0.6 is 0 Å². The van der Waals surface area contributed by atoms with Gasteiger partial charge in [0.25, 0.3) is 11.6 Å². The molecule has 0 bridgehead atoms. The Labute approximate surface area is 117 Å². The molecule has 0 atom stereocenters. The van der Waals surface area contributed by atoms with E-state index in [4.69, 9.17) is 5.84 Å². The first-order valence-electron chi connectivity index (χ1n) is 5.92. The van der Waals surface area contributed by atoms with Crippen LogP contribution in [0.2, 0.25) is 0 Å². The number of benzene rings is 1. The van der Waals surface area contributed by atoms with Crippen molar-refractivity contribution < 1.29 is 13.9 Å². The summed E-state index contributed by atoms with van der Waals surface area (Å²) in [5.41, 5.74) is 2.49. The van der Waals surface area contributed by atoms with Gasteiger partial charge in [-0.05, 0) is 12.1 Å². The maximum Gasteiger partial charge on any atom is 0.282 e. The fraction of sp³-hybridized carbons (Fsp3) is 0.364. The van der Waals surface area contributed by atoms with Crippen LogP contribution in [-0.2, 0) is 10.8 Å². The summed E-state index contributed by atoms with van der Waals surface area (Å²) in [5.74, 6) is 5.61. The first-order valence-corrected chi connectivity index (χ1v) is 7.41. The lowest BCUT2D eigenvalue weighted by atomic mass is 10.1. The van der Waals surface area contributed by atoms with Gasteiger partial charge in [0.1, 0.15) is 5.56 Å². The monoisotopic (exact) mass is 298 g/mol. The largest absolute Gasteiger partial charge is 0.337 e. The highest BCUT2D eigenvalue weighted by Gasteiger charge is 2.27. The molecule has 0 aromatic heterocycles. The highest BCUT2D eigenvalue weighted by molar-refractivity contribution is 7.85. The van der Waals surface area contributed by atoms with Gasteiger partial charge in [0.2, 0.25) is 0 Å². The van der Waals surface area contributed by atoms with Gasteiger partial charge in [0.15, 0.2) is 0 Å². The molecule has 1 aliphatic heterocycles. The molecule has 0 saturated carbocycles. The maximum absolute atomic E-state index is 12.4. The molecule has 2 rings (SSSR count). The topological polar surface area (TPSA) is 119 Å². The molecule has 1 fully saturated rings. The third-order valence-corrected chi connectivity index (χ3v) is 4.33. The minimum atomic E-state index is -0.914. The summed E-state index contributed by atoms with van der Waals surface area (Å²) < 4.78 is 11.3. The smallest absolute Gasteiger partial charge is 0.282 e. The predicted molar refractivity (Wildman–Crippen MR) is 74.7 cm³/mol. The Morgan fingerprint density at radius 3 is 2.60 bits per heavy atom. The lowest BCUT2D eigenvalue weighted by Crippen LogP contribution is -2.42. The number of nitro benzene ring substituents is 1. The van der Waals surface area contributed by atoms with Crippen molar-refractivity contribution in [1.82, 2.24) is 4.90 Å². The molecule has 0 radical (unpaired) electrons. The van der Waals surface area contributed by atoms with E-state index in [9.17, 15) is 19.1 Å². The minimum absolute atomic E-state index is 0.0156. The van der Waals surface area contributed by atoms with E-state index in [0.29, 0.717) is 30.3 Å². The highest BCUT2D eigenvalue weighted by Crippen LogP contribution is 2.24. The Balaban J connectivity index is 2.32. The van der Waals surface area contributed by atoms with Gasteiger partial charge in [-0.15, -0.1) is 0 Å². The Morgan fingerprint density at radius 1 is 1.40 bits per heavy atom. The van der Waals surface area contributed by atoms with Crippen LogP contribution in [0.1, 0.15) is 10.4 Å².